The monoisotopic (exact) mass is 387 g/mol. The van der Waals surface area contributed by atoms with E-state index in [2.05, 4.69) is 25.6 Å². The van der Waals surface area contributed by atoms with Crippen molar-refractivity contribution in [2.45, 2.75) is 32.5 Å². The van der Waals surface area contributed by atoms with Crippen molar-refractivity contribution >= 4 is 17.5 Å². The zero-order chi connectivity index (χ0) is 20.1. The second kappa shape index (κ2) is 8.24. The first-order valence-electron chi connectivity index (χ1n) is 8.86. The number of aromatic nitrogens is 3. The van der Waals surface area contributed by atoms with Gasteiger partial charge in [-0.15, -0.1) is 0 Å². The molecule has 0 aliphatic heterocycles. The summed E-state index contributed by atoms with van der Waals surface area (Å²) in [5.74, 6) is 0.883. The molecule has 0 bridgehead atoms. The van der Waals surface area contributed by atoms with Crippen LogP contribution in [-0.2, 0) is 6.18 Å². The van der Waals surface area contributed by atoms with Crippen LogP contribution in [0.15, 0.2) is 54.7 Å². The Morgan fingerprint density at radius 3 is 2.36 bits per heavy atom. The van der Waals surface area contributed by atoms with E-state index in [0.29, 0.717) is 28.8 Å². The topological polar surface area (TPSA) is 62.7 Å². The van der Waals surface area contributed by atoms with Crippen LogP contribution in [0.3, 0.4) is 0 Å². The number of alkyl halides is 3. The Hall–Kier alpha value is -3.16. The molecule has 146 valence electrons. The number of benzene rings is 1. The van der Waals surface area contributed by atoms with Crippen molar-refractivity contribution in [2.75, 3.05) is 10.6 Å². The van der Waals surface area contributed by atoms with Crippen LogP contribution in [0, 0.1) is 0 Å². The highest BCUT2D eigenvalue weighted by Crippen LogP contribution is 2.30. The fraction of sp³-hybridized carbons (Fsp3) is 0.250. The first-order chi connectivity index (χ1) is 13.3. The van der Waals surface area contributed by atoms with E-state index in [1.165, 1.54) is 12.1 Å². The lowest BCUT2D eigenvalue weighted by molar-refractivity contribution is -0.137. The van der Waals surface area contributed by atoms with Crippen LogP contribution in [0.25, 0.3) is 11.4 Å². The summed E-state index contributed by atoms with van der Waals surface area (Å²) in [4.78, 5) is 13.2. The van der Waals surface area contributed by atoms with Crippen LogP contribution in [-0.4, -0.2) is 21.0 Å². The van der Waals surface area contributed by atoms with E-state index in [0.717, 1.165) is 18.6 Å². The molecule has 5 nitrogen and oxygen atoms in total. The summed E-state index contributed by atoms with van der Waals surface area (Å²) in [5, 5.41) is 6.26. The Labute approximate surface area is 161 Å². The second-order valence-corrected chi connectivity index (χ2v) is 6.33. The van der Waals surface area contributed by atoms with Gasteiger partial charge in [-0.1, -0.05) is 13.0 Å². The molecule has 8 heteroatoms. The molecule has 2 aromatic heterocycles. The van der Waals surface area contributed by atoms with Gasteiger partial charge in [-0.25, -0.2) is 4.98 Å². The van der Waals surface area contributed by atoms with Crippen LogP contribution in [0.4, 0.5) is 30.6 Å². The average Bonchev–Trinajstić information content (AvgIpc) is 2.68. The maximum absolute atomic E-state index is 12.7. The number of nitrogens with zero attached hydrogens (tertiary/aromatic N) is 3. The highest BCUT2D eigenvalue weighted by atomic mass is 19.4. The minimum Gasteiger partial charge on any atom is -0.352 e. The highest BCUT2D eigenvalue weighted by molar-refractivity contribution is 5.65. The minimum absolute atomic E-state index is 0.165. The molecule has 1 atom stereocenters. The summed E-state index contributed by atoms with van der Waals surface area (Å²) in [6.07, 6.45) is -1.81. The summed E-state index contributed by atoms with van der Waals surface area (Å²) < 4.78 is 38.2. The third kappa shape index (κ3) is 4.97. The van der Waals surface area contributed by atoms with Crippen molar-refractivity contribution in [1.29, 1.82) is 0 Å². The van der Waals surface area contributed by atoms with E-state index in [4.69, 9.17) is 0 Å². The molecule has 3 aromatic rings. The lowest BCUT2D eigenvalue weighted by atomic mass is 10.2. The molecule has 28 heavy (non-hydrogen) atoms. The molecule has 0 radical (unpaired) electrons. The fourth-order valence-corrected chi connectivity index (χ4v) is 2.43. The zero-order valence-corrected chi connectivity index (χ0v) is 15.5. The van der Waals surface area contributed by atoms with Crippen molar-refractivity contribution in [2.24, 2.45) is 0 Å². The fourth-order valence-electron chi connectivity index (χ4n) is 2.43. The van der Waals surface area contributed by atoms with E-state index >= 15 is 0 Å². The molecule has 2 N–H and O–H groups in total. The highest BCUT2D eigenvalue weighted by Gasteiger charge is 2.29. The lowest BCUT2D eigenvalue weighted by Gasteiger charge is -2.14. The number of pyridine rings is 1. The Bertz CT molecular complexity index is 911. The molecule has 0 aliphatic rings. The third-order valence-electron chi connectivity index (χ3n) is 4.13. The van der Waals surface area contributed by atoms with Crippen LogP contribution < -0.4 is 10.6 Å². The normalized spacial score (nSPS) is 12.5. The van der Waals surface area contributed by atoms with Gasteiger partial charge in [0.25, 0.3) is 0 Å². The molecule has 0 fully saturated rings. The van der Waals surface area contributed by atoms with E-state index < -0.39 is 11.7 Å². The Morgan fingerprint density at radius 2 is 1.75 bits per heavy atom. The van der Waals surface area contributed by atoms with Gasteiger partial charge < -0.3 is 10.6 Å². The van der Waals surface area contributed by atoms with Gasteiger partial charge in [0.15, 0.2) is 0 Å². The SMILES string of the molecule is CC[C@H](C)Nc1nc(Nc2ccc(C(F)(F)F)cc2)cc(-c2ccccn2)n1. The predicted octanol–water partition coefficient (Wildman–Crippen LogP) is 5.51. The smallest absolute Gasteiger partial charge is 0.352 e. The first kappa shape index (κ1) is 19.6. The summed E-state index contributed by atoms with van der Waals surface area (Å²) >= 11 is 0. The van der Waals surface area contributed by atoms with Crippen molar-refractivity contribution in [3.63, 3.8) is 0 Å². The molecule has 1 aromatic carbocycles. The number of hydrogen-bond acceptors (Lipinski definition) is 5. The van der Waals surface area contributed by atoms with Gasteiger partial charge in [0.2, 0.25) is 5.95 Å². The van der Waals surface area contributed by atoms with Gasteiger partial charge in [0.1, 0.15) is 5.82 Å². The largest absolute Gasteiger partial charge is 0.416 e. The van der Waals surface area contributed by atoms with Gasteiger partial charge in [0.05, 0.1) is 17.0 Å². The minimum atomic E-state index is -4.37. The van der Waals surface area contributed by atoms with E-state index in [9.17, 15) is 13.2 Å². The predicted molar refractivity (Wildman–Crippen MR) is 103 cm³/mol. The summed E-state index contributed by atoms with van der Waals surface area (Å²) in [5.41, 5.74) is 1.07. The lowest BCUT2D eigenvalue weighted by Crippen LogP contribution is -2.16. The van der Waals surface area contributed by atoms with Gasteiger partial charge in [-0.3, -0.25) is 4.98 Å². The number of anilines is 3. The van der Waals surface area contributed by atoms with Gasteiger partial charge in [-0.2, -0.15) is 18.2 Å². The molecular weight excluding hydrogens is 367 g/mol. The molecule has 0 saturated carbocycles. The van der Waals surface area contributed by atoms with Crippen molar-refractivity contribution in [3.05, 3.63) is 60.3 Å². The standard InChI is InChI=1S/C20H20F3N5/c1-3-13(2)25-19-27-17(16-6-4-5-11-24-16)12-18(28-19)26-15-9-7-14(8-10-15)20(21,22)23/h4-13H,3H2,1-2H3,(H2,25,26,27,28)/t13-/m0/s1. The van der Waals surface area contributed by atoms with Crippen molar-refractivity contribution < 1.29 is 13.2 Å². The van der Waals surface area contributed by atoms with Gasteiger partial charge in [-0.05, 0) is 49.7 Å². The van der Waals surface area contributed by atoms with Crippen LogP contribution in [0.2, 0.25) is 0 Å². The number of nitrogens with one attached hydrogen (secondary N) is 2. The molecule has 2 heterocycles. The molecule has 3 rings (SSSR count). The third-order valence-corrected chi connectivity index (χ3v) is 4.13. The maximum Gasteiger partial charge on any atom is 0.416 e. The van der Waals surface area contributed by atoms with Gasteiger partial charge in [0, 0.05) is 24.0 Å². The molecular formula is C20H20F3N5. The van der Waals surface area contributed by atoms with Crippen LogP contribution in [0.5, 0.6) is 0 Å². The summed E-state index contributed by atoms with van der Waals surface area (Å²) in [7, 11) is 0. The average molecular weight is 387 g/mol. The Balaban J connectivity index is 1.91. The quantitative estimate of drug-likeness (QED) is 0.584. The van der Waals surface area contributed by atoms with E-state index in [-0.39, 0.29) is 6.04 Å². The second-order valence-electron chi connectivity index (χ2n) is 6.33. The summed E-state index contributed by atoms with van der Waals surface area (Å²) in [6, 6.07) is 12.2. The number of rotatable bonds is 6. The first-order valence-corrected chi connectivity index (χ1v) is 8.86. The van der Waals surface area contributed by atoms with Crippen molar-refractivity contribution in [1.82, 2.24) is 15.0 Å². The number of hydrogen-bond donors (Lipinski definition) is 2. The number of halogens is 3. The van der Waals surface area contributed by atoms with E-state index in [1.54, 1.807) is 12.3 Å². The van der Waals surface area contributed by atoms with Crippen LogP contribution in [0.1, 0.15) is 25.8 Å². The zero-order valence-electron chi connectivity index (χ0n) is 15.5. The van der Waals surface area contributed by atoms with Crippen LogP contribution >= 0.6 is 0 Å². The molecule has 0 unspecified atom stereocenters. The molecule has 0 aliphatic carbocycles. The molecule has 0 amide bonds. The Morgan fingerprint density at radius 1 is 1.00 bits per heavy atom. The van der Waals surface area contributed by atoms with E-state index in [1.807, 2.05) is 32.0 Å². The molecule has 0 saturated heterocycles. The summed E-state index contributed by atoms with van der Waals surface area (Å²) in [6.45, 7) is 4.06. The van der Waals surface area contributed by atoms with Gasteiger partial charge >= 0.3 is 6.18 Å². The van der Waals surface area contributed by atoms with Crippen molar-refractivity contribution in [3.8, 4) is 11.4 Å². The Kier molecular flexibility index (Phi) is 5.77. The molecule has 0 spiro atoms. The maximum atomic E-state index is 12.7.